The van der Waals surface area contributed by atoms with Crippen LogP contribution in [0.5, 0.6) is 11.5 Å². The molecule has 170 valence electrons. The van der Waals surface area contributed by atoms with Crippen LogP contribution < -0.4 is 9.47 Å². The van der Waals surface area contributed by atoms with Crippen LogP contribution in [0, 0.1) is 0 Å². The lowest BCUT2D eigenvalue weighted by molar-refractivity contribution is -0.123. The van der Waals surface area contributed by atoms with Crippen LogP contribution in [0.2, 0.25) is 0 Å². The summed E-state index contributed by atoms with van der Waals surface area (Å²) in [5, 5.41) is 2.03. The number of methoxy groups -OCH3 is 1. The summed E-state index contributed by atoms with van der Waals surface area (Å²) in [6, 6.07) is 19.9. The third kappa shape index (κ3) is 5.21. The molecule has 1 aliphatic rings. The highest BCUT2D eigenvalue weighted by atomic mass is 32.2. The van der Waals surface area contributed by atoms with Crippen LogP contribution in [0.4, 0.5) is 4.79 Å². The Labute approximate surface area is 197 Å². The van der Waals surface area contributed by atoms with E-state index in [-0.39, 0.29) is 17.7 Å². The summed E-state index contributed by atoms with van der Waals surface area (Å²) in [6.45, 7) is 3.33. The van der Waals surface area contributed by atoms with Crippen molar-refractivity contribution in [2.75, 3.05) is 26.9 Å². The molecular formula is C26H25NO5S. The summed E-state index contributed by atoms with van der Waals surface area (Å²) in [5.41, 5.74) is 1.84. The molecule has 7 heteroatoms. The predicted molar refractivity (Wildman–Crippen MR) is 130 cm³/mol. The molecule has 0 aliphatic carbocycles. The van der Waals surface area contributed by atoms with Crippen LogP contribution in [0.1, 0.15) is 18.1 Å². The maximum Gasteiger partial charge on any atom is 0.293 e. The fraction of sp³-hybridized carbons (Fsp3) is 0.231. The van der Waals surface area contributed by atoms with Gasteiger partial charge in [0.15, 0.2) is 11.5 Å². The topological polar surface area (TPSA) is 65.1 Å². The van der Waals surface area contributed by atoms with Crippen molar-refractivity contribution in [2.45, 2.75) is 13.5 Å². The molecule has 3 aromatic carbocycles. The van der Waals surface area contributed by atoms with Gasteiger partial charge in [-0.3, -0.25) is 14.5 Å². The van der Waals surface area contributed by atoms with Gasteiger partial charge in [0, 0.05) is 7.11 Å². The second-order valence-electron chi connectivity index (χ2n) is 7.39. The van der Waals surface area contributed by atoms with Gasteiger partial charge in [-0.25, -0.2) is 0 Å². The molecule has 0 saturated carbocycles. The molecule has 0 bridgehead atoms. The van der Waals surface area contributed by atoms with E-state index in [0.29, 0.717) is 36.2 Å². The number of hydrogen-bond donors (Lipinski definition) is 0. The quantitative estimate of drug-likeness (QED) is 0.391. The van der Waals surface area contributed by atoms with Gasteiger partial charge >= 0.3 is 0 Å². The zero-order valence-electron chi connectivity index (χ0n) is 18.6. The summed E-state index contributed by atoms with van der Waals surface area (Å²) in [7, 11) is 1.54. The molecule has 0 spiro atoms. The van der Waals surface area contributed by atoms with E-state index in [9.17, 15) is 9.59 Å². The highest BCUT2D eigenvalue weighted by Gasteiger charge is 2.34. The smallest absolute Gasteiger partial charge is 0.293 e. The van der Waals surface area contributed by atoms with Gasteiger partial charge in [-0.05, 0) is 58.8 Å². The van der Waals surface area contributed by atoms with Crippen LogP contribution in [-0.4, -0.2) is 42.9 Å². The van der Waals surface area contributed by atoms with E-state index in [1.54, 1.807) is 6.08 Å². The molecule has 3 aromatic rings. The molecule has 0 N–H and O–H groups in total. The number of carbonyl (C=O) groups excluding carboxylic acids is 2. The number of amides is 2. The molecule has 1 heterocycles. The molecule has 4 rings (SSSR count). The SMILES string of the molecule is CCOc1cc(/C=C2/SC(=O)N(CCOC)C2=O)ccc1OCc1cccc2ccccc12. The minimum atomic E-state index is -0.309. The first-order valence-corrected chi connectivity index (χ1v) is 11.5. The Balaban J connectivity index is 1.54. The number of fused-ring (bicyclic) bond motifs is 1. The number of thioether (sulfide) groups is 1. The Morgan fingerprint density at radius 3 is 2.61 bits per heavy atom. The fourth-order valence-electron chi connectivity index (χ4n) is 3.60. The van der Waals surface area contributed by atoms with E-state index in [1.165, 1.54) is 17.4 Å². The molecule has 1 saturated heterocycles. The Kier molecular flexibility index (Phi) is 7.32. The van der Waals surface area contributed by atoms with E-state index in [0.717, 1.165) is 28.3 Å². The molecule has 0 unspecified atom stereocenters. The Morgan fingerprint density at radius 2 is 1.79 bits per heavy atom. The highest BCUT2D eigenvalue weighted by molar-refractivity contribution is 8.18. The lowest BCUT2D eigenvalue weighted by atomic mass is 10.1. The van der Waals surface area contributed by atoms with Crippen molar-refractivity contribution in [1.29, 1.82) is 0 Å². The number of imide groups is 1. The van der Waals surface area contributed by atoms with Crippen LogP contribution in [0.3, 0.4) is 0 Å². The maximum absolute atomic E-state index is 12.6. The minimum absolute atomic E-state index is 0.240. The Morgan fingerprint density at radius 1 is 0.970 bits per heavy atom. The number of nitrogens with zero attached hydrogens (tertiary/aromatic N) is 1. The van der Waals surface area contributed by atoms with Gasteiger partial charge in [0.25, 0.3) is 11.1 Å². The van der Waals surface area contributed by atoms with E-state index in [2.05, 4.69) is 24.3 Å². The van der Waals surface area contributed by atoms with Crippen molar-refractivity contribution in [3.8, 4) is 11.5 Å². The third-order valence-corrected chi connectivity index (χ3v) is 6.13. The number of ether oxygens (including phenoxy) is 3. The Hall–Kier alpha value is -3.29. The standard InChI is InChI=1S/C26H25NO5S/c1-3-31-23-15-18(16-24-25(28)27(13-14-30-2)26(29)33-24)11-12-22(23)32-17-20-9-6-8-19-7-4-5-10-21(19)20/h4-12,15-16H,3,13-14,17H2,1-2H3/b24-16+. The molecule has 2 amide bonds. The molecule has 1 fully saturated rings. The summed E-state index contributed by atoms with van der Waals surface area (Å²) in [5.74, 6) is 0.900. The Bertz CT molecular complexity index is 1200. The molecule has 1 aliphatic heterocycles. The van der Waals surface area contributed by atoms with Gasteiger partial charge in [-0.15, -0.1) is 0 Å². The second-order valence-corrected chi connectivity index (χ2v) is 8.39. The lowest BCUT2D eigenvalue weighted by Crippen LogP contribution is -2.31. The van der Waals surface area contributed by atoms with Crippen molar-refractivity contribution in [2.24, 2.45) is 0 Å². The number of rotatable bonds is 9. The highest BCUT2D eigenvalue weighted by Crippen LogP contribution is 2.35. The summed E-state index contributed by atoms with van der Waals surface area (Å²) in [6.07, 6.45) is 1.70. The van der Waals surface area contributed by atoms with Crippen molar-refractivity contribution in [3.05, 3.63) is 76.7 Å². The number of carbonyl (C=O) groups is 2. The van der Waals surface area contributed by atoms with Crippen molar-refractivity contribution >= 4 is 39.8 Å². The van der Waals surface area contributed by atoms with Gasteiger partial charge in [-0.1, -0.05) is 48.5 Å². The third-order valence-electron chi connectivity index (χ3n) is 5.22. The van der Waals surface area contributed by atoms with Crippen molar-refractivity contribution < 1.29 is 23.8 Å². The van der Waals surface area contributed by atoms with E-state index in [1.807, 2.05) is 43.3 Å². The van der Waals surface area contributed by atoms with Gasteiger partial charge < -0.3 is 14.2 Å². The average molecular weight is 464 g/mol. The molecule has 6 nitrogen and oxygen atoms in total. The van der Waals surface area contributed by atoms with Gasteiger partial charge in [0.1, 0.15) is 6.61 Å². The number of hydrogen-bond acceptors (Lipinski definition) is 6. The fourth-order valence-corrected chi connectivity index (χ4v) is 4.47. The molecule has 0 atom stereocenters. The summed E-state index contributed by atoms with van der Waals surface area (Å²) >= 11 is 0.930. The van der Waals surface area contributed by atoms with Crippen LogP contribution >= 0.6 is 11.8 Å². The zero-order chi connectivity index (χ0) is 23.2. The molecule has 0 radical (unpaired) electrons. The van der Waals surface area contributed by atoms with Crippen LogP contribution in [0.15, 0.2) is 65.6 Å². The van der Waals surface area contributed by atoms with Crippen molar-refractivity contribution in [1.82, 2.24) is 4.90 Å². The normalized spacial score (nSPS) is 15.0. The van der Waals surface area contributed by atoms with E-state index < -0.39 is 0 Å². The minimum Gasteiger partial charge on any atom is -0.490 e. The first-order chi connectivity index (χ1) is 16.1. The molecular weight excluding hydrogens is 438 g/mol. The molecule has 0 aromatic heterocycles. The molecule has 33 heavy (non-hydrogen) atoms. The second kappa shape index (κ2) is 10.6. The summed E-state index contributed by atoms with van der Waals surface area (Å²) in [4.78, 5) is 26.3. The first-order valence-electron chi connectivity index (χ1n) is 10.7. The lowest BCUT2D eigenvalue weighted by Gasteiger charge is -2.14. The van der Waals surface area contributed by atoms with E-state index in [4.69, 9.17) is 14.2 Å². The van der Waals surface area contributed by atoms with Crippen molar-refractivity contribution in [3.63, 3.8) is 0 Å². The largest absolute Gasteiger partial charge is 0.490 e. The van der Waals surface area contributed by atoms with Gasteiger partial charge in [0.2, 0.25) is 0 Å². The maximum atomic E-state index is 12.6. The first kappa shape index (κ1) is 22.9. The van der Waals surface area contributed by atoms with E-state index >= 15 is 0 Å². The summed E-state index contributed by atoms with van der Waals surface area (Å²) < 4.78 is 16.9. The monoisotopic (exact) mass is 463 g/mol. The average Bonchev–Trinajstić information content (AvgIpc) is 3.09. The van der Waals surface area contributed by atoms with Gasteiger partial charge in [-0.2, -0.15) is 0 Å². The zero-order valence-corrected chi connectivity index (χ0v) is 19.4. The van der Waals surface area contributed by atoms with Gasteiger partial charge in [0.05, 0.1) is 24.7 Å². The predicted octanol–water partition coefficient (Wildman–Crippen LogP) is 5.50. The number of benzene rings is 3. The van der Waals surface area contributed by atoms with Crippen LogP contribution in [-0.2, 0) is 16.1 Å². The van der Waals surface area contributed by atoms with Crippen LogP contribution in [0.25, 0.3) is 16.8 Å².